The van der Waals surface area contributed by atoms with Crippen molar-refractivity contribution in [2.75, 3.05) is 12.4 Å². The zero-order valence-electron chi connectivity index (χ0n) is 12.3. The summed E-state index contributed by atoms with van der Waals surface area (Å²) in [7, 11) is 1.54. The topological polar surface area (TPSA) is 51.2 Å². The number of carbonyl (C=O) groups is 1. The summed E-state index contributed by atoms with van der Waals surface area (Å²) in [5.74, 6) is -1.65. The van der Waals surface area contributed by atoms with Gasteiger partial charge in [0.2, 0.25) is 0 Å². The molecule has 3 aromatic rings. The molecule has 1 N–H and O–H groups in total. The molecule has 0 atom stereocenters. The summed E-state index contributed by atoms with van der Waals surface area (Å²) >= 11 is 1.27. The minimum atomic E-state index is -0.808. The van der Waals surface area contributed by atoms with Gasteiger partial charge in [0.1, 0.15) is 22.9 Å². The van der Waals surface area contributed by atoms with E-state index < -0.39 is 17.5 Å². The Hall–Kier alpha value is -2.54. The van der Waals surface area contributed by atoms with E-state index in [-0.39, 0.29) is 5.56 Å². The smallest absolute Gasteiger partial charge is 0.257 e. The molecule has 0 saturated heterocycles. The van der Waals surface area contributed by atoms with Crippen molar-refractivity contribution in [2.24, 2.45) is 0 Å². The lowest BCUT2D eigenvalue weighted by Gasteiger charge is -2.02. The van der Waals surface area contributed by atoms with Gasteiger partial charge >= 0.3 is 0 Å². The number of hydrogen-bond donors (Lipinski definition) is 1. The van der Waals surface area contributed by atoms with Crippen LogP contribution in [-0.4, -0.2) is 18.0 Å². The Bertz CT molecular complexity index is 888. The number of methoxy groups -OCH3 is 1. The molecule has 0 fully saturated rings. The van der Waals surface area contributed by atoms with Gasteiger partial charge in [0.15, 0.2) is 5.13 Å². The Labute approximate surface area is 134 Å². The second-order valence-corrected chi connectivity index (χ2v) is 5.89. The van der Waals surface area contributed by atoms with E-state index in [9.17, 15) is 13.6 Å². The molecular formula is C16H12F2N2O2S. The van der Waals surface area contributed by atoms with E-state index in [1.807, 2.05) is 13.0 Å². The molecule has 1 aromatic heterocycles. The second-order valence-electron chi connectivity index (χ2n) is 4.89. The first-order valence-corrected chi connectivity index (χ1v) is 7.51. The van der Waals surface area contributed by atoms with Crippen LogP contribution in [-0.2, 0) is 0 Å². The zero-order chi connectivity index (χ0) is 16.6. The van der Waals surface area contributed by atoms with E-state index >= 15 is 0 Å². The maximum Gasteiger partial charge on any atom is 0.257 e. The lowest BCUT2D eigenvalue weighted by Crippen LogP contribution is -2.12. The number of carbonyl (C=O) groups excluding carboxylic acids is 1. The molecule has 4 nitrogen and oxygen atoms in total. The Morgan fingerprint density at radius 3 is 2.57 bits per heavy atom. The highest BCUT2D eigenvalue weighted by Crippen LogP contribution is 2.34. The van der Waals surface area contributed by atoms with Crippen LogP contribution in [0.2, 0.25) is 0 Å². The Morgan fingerprint density at radius 2 is 1.91 bits per heavy atom. The van der Waals surface area contributed by atoms with Crippen molar-refractivity contribution in [2.45, 2.75) is 6.92 Å². The van der Waals surface area contributed by atoms with E-state index in [2.05, 4.69) is 10.3 Å². The van der Waals surface area contributed by atoms with Gasteiger partial charge in [0.05, 0.1) is 11.8 Å². The number of benzene rings is 2. The number of aryl methyl sites for hydroxylation is 1. The van der Waals surface area contributed by atoms with Crippen molar-refractivity contribution in [3.63, 3.8) is 0 Å². The molecule has 7 heteroatoms. The summed E-state index contributed by atoms with van der Waals surface area (Å²) in [6.45, 7) is 1.92. The van der Waals surface area contributed by atoms with E-state index in [0.29, 0.717) is 22.5 Å². The molecule has 0 aliphatic carbocycles. The van der Waals surface area contributed by atoms with E-state index in [4.69, 9.17) is 4.74 Å². The first-order valence-electron chi connectivity index (χ1n) is 6.69. The summed E-state index contributed by atoms with van der Waals surface area (Å²) in [5.41, 5.74) is 1.53. The quantitative estimate of drug-likeness (QED) is 0.783. The number of hydrogen-bond acceptors (Lipinski definition) is 4. The van der Waals surface area contributed by atoms with Gasteiger partial charge in [0, 0.05) is 11.6 Å². The number of aromatic nitrogens is 1. The van der Waals surface area contributed by atoms with Gasteiger partial charge in [-0.25, -0.2) is 13.8 Å². The van der Waals surface area contributed by atoms with Crippen LogP contribution in [0, 0.1) is 18.6 Å². The highest BCUT2D eigenvalue weighted by atomic mass is 32.1. The molecule has 23 heavy (non-hydrogen) atoms. The Balaban J connectivity index is 1.95. The summed E-state index contributed by atoms with van der Waals surface area (Å²) in [6.07, 6.45) is 0. The average Bonchev–Trinajstić information content (AvgIpc) is 2.91. The largest absolute Gasteiger partial charge is 0.494 e. The number of thiazole rings is 1. The van der Waals surface area contributed by atoms with Crippen molar-refractivity contribution in [1.29, 1.82) is 0 Å². The fourth-order valence-corrected chi connectivity index (χ4v) is 3.13. The molecule has 118 valence electrons. The van der Waals surface area contributed by atoms with Crippen molar-refractivity contribution >= 4 is 32.6 Å². The predicted molar refractivity (Wildman–Crippen MR) is 85.2 cm³/mol. The Kier molecular flexibility index (Phi) is 3.96. The number of amides is 1. The van der Waals surface area contributed by atoms with Crippen molar-refractivity contribution in [3.8, 4) is 5.75 Å². The van der Waals surface area contributed by atoms with Gasteiger partial charge in [-0.3, -0.25) is 10.1 Å². The molecule has 1 amide bonds. The molecule has 0 spiro atoms. The second kappa shape index (κ2) is 5.92. The molecule has 0 aliphatic rings. The van der Waals surface area contributed by atoms with Crippen LogP contribution < -0.4 is 10.1 Å². The van der Waals surface area contributed by atoms with Gasteiger partial charge in [0.25, 0.3) is 5.91 Å². The van der Waals surface area contributed by atoms with Crippen molar-refractivity contribution in [1.82, 2.24) is 4.98 Å². The lowest BCUT2D eigenvalue weighted by atomic mass is 10.2. The minimum absolute atomic E-state index is 0.106. The molecule has 0 saturated carbocycles. The van der Waals surface area contributed by atoms with Crippen LogP contribution >= 0.6 is 11.3 Å². The number of fused-ring (bicyclic) bond motifs is 1. The minimum Gasteiger partial charge on any atom is -0.494 e. The standard InChI is InChI=1S/C16H12F2N2O2S/c1-8-3-4-12(22-2)13-14(8)23-16(19-13)20-15(21)9-5-10(17)7-11(18)6-9/h3-7H,1-2H3,(H,19,20,21). The predicted octanol–water partition coefficient (Wildman–Crippen LogP) is 4.14. The molecule has 0 bridgehead atoms. The average molecular weight is 334 g/mol. The molecular weight excluding hydrogens is 322 g/mol. The Morgan fingerprint density at radius 1 is 1.22 bits per heavy atom. The normalized spacial score (nSPS) is 10.8. The van der Waals surface area contributed by atoms with Crippen LogP contribution in [0.25, 0.3) is 10.2 Å². The monoisotopic (exact) mass is 334 g/mol. The summed E-state index contributed by atoms with van der Waals surface area (Å²) in [5, 5.41) is 2.90. The van der Waals surface area contributed by atoms with Crippen LogP contribution in [0.4, 0.5) is 13.9 Å². The number of ether oxygens (including phenoxy) is 1. The number of rotatable bonds is 3. The highest BCUT2D eigenvalue weighted by Gasteiger charge is 2.15. The summed E-state index contributed by atoms with van der Waals surface area (Å²) in [6, 6.07) is 6.34. The van der Waals surface area contributed by atoms with E-state index in [0.717, 1.165) is 22.4 Å². The van der Waals surface area contributed by atoms with Crippen LogP contribution in [0.5, 0.6) is 5.75 Å². The molecule has 0 radical (unpaired) electrons. The molecule has 0 unspecified atom stereocenters. The first-order chi connectivity index (χ1) is 11.0. The third-order valence-corrected chi connectivity index (χ3v) is 4.37. The SMILES string of the molecule is COc1ccc(C)c2sc(NC(=O)c3cc(F)cc(F)c3)nc12. The highest BCUT2D eigenvalue weighted by molar-refractivity contribution is 7.22. The molecule has 1 heterocycles. The fraction of sp³-hybridized carbons (Fsp3) is 0.125. The van der Waals surface area contributed by atoms with Gasteiger partial charge in [-0.2, -0.15) is 0 Å². The maximum absolute atomic E-state index is 13.2. The van der Waals surface area contributed by atoms with Gasteiger partial charge < -0.3 is 4.74 Å². The number of nitrogens with one attached hydrogen (secondary N) is 1. The third kappa shape index (κ3) is 3.00. The molecule has 3 rings (SSSR count). The number of nitrogens with zero attached hydrogens (tertiary/aromatic N) is 1. The maximum atomic E-state index is 13.2. The third-order valence-electron chi connectivity index (χ3n) is 3.27. The summed E-state index contributed by atoms with van der Waals surface area (Å²) in [4.78, 5) is 16.5. The van der Waals surface area contributed by atoms with E-state index in [1.165, 1.54) is 18.4 Å². The van der Waals surface area contributed by atoms with Crippen molar-refractivity contribution in [3.05, 3.63) is 53.1 Å². The number of anilines is 1. The molecule has 0 aliphatic heterocycles. The fourth-order valence-electron chi connectivity index (χ4n) is 2.18. The number of halogens is 2. The van der Waals surface area contributed by atoms with Crippen LogP contribution in [0.15, 0.2) is 30.3 Å². The summed E-state index contributed by atoms with van der Waals surface area (Å²) < 4.78 is 32.5. The lowest BCUT2D eigenvalue weighted by molar-refractivity contribution is 0.102. The zero-order valence-corrected chi connectivity index (χ0v) is 13.1. The first kappa shape index (κ1) is 15.4. The van der Waals surface area contributed by atoms with Gasteiger partial charge in [-0.1, -0.05) is 17.4 Å². The van der Waals surface area contributed by atoms with Gasteiger partial charge in [-0.05, 0) is 30.7 Å². The van der Waals surface area contributed by atoms with Crippen molar-refractivity contribution < 1.29 is 18.3 Å². The van der Waals surface area contributed by atoms with Gasteiger partial charge in [-0.15, -0.1) is 0 Å². The van der Waals surface area contributed by atoms with Crippen LogP contribution in [0.1, 0.15) is 15.9 Å². The van der Waals surface area contributed by atoms with E-state index in [1.54, 1.807) is 6.07 Å². The molecule has 2 aromatic carbocycles. The van der Waals surface area contributed by atoms with Crippen LogP contribution in [0.3, 0.4) is 0 Å².